The first-order chi connectivity index (χ1) is 7.67. The summed E-state index contributed by atoms with van der Waals surface area (Å²) in [5, 5.41) is 11.5. The highest BCUT2D eigenvalue weighted by molar-refractivity contribution is 5.32. The zero-order valence-corrected chi connectivity index (χ0v) is 9.46. The highest BCUT2D eigenvalue weighted by atomic mass is 19.1. The van der Waals surface area contributed by atoms with Crippen LogP contribution < -0.4 is 10.1 Å². The first kappa shape index (κ1) is 12.5. The van der Waals surface area contributed by atoms with Crippen molar-refractivity contribution in [3.05, 3.63) is 29.6 Å². The van der Waals surface area contributed by atoms with Crippen LogP contribution in [0.25, 0.3) is 0 Å². The number of ether oxygens (including phenoxy) is 1. The molecule has 0 aliphatic heterocycles. The Morgan fingerprint density at radius 3 is 2.94 bits per heavy atom. The van der Waals surface area contributed by atoms with Crippen LogP contribution in [0.1, 0.15) is 12.0 Å². The number of hydrogen-bond acceptors (Lipinski definition) is 3. The molecule has 0 saturated carbocycles. The quantitative estimate of drug-likeness (QED) is 0.829. The maximum atomic E-state index is 12.9. The van der Waals surface area contributed by atoms with Crippen LogP contribution in [0, 0.1) is 24.1 Å². The Morgan fingerprint density at radius 2 is 2.31 bits per heavy atom. The maximum Gasteiger partial charge on any atom is 0.126 e. The minimum Gasteiger partial charge on any atom is -0.493 e. The van der Waals surface area contributed by atoms with Crippen LogP contribution in [0.15, 0.2) is 18.2 Å². The lowest BCUT2D eigenvalue weighted by Gasteiger charge is -2.11. The van der Waals surface area contributed by atoms with E-state index in [0.717, 1.165) is 5.56 Å². The predicted molar refractivity (Wildman–Crippen MR) is 59.7 cm³/mol. The summed E-state index contributed by atoms with van der Waals surface area (Å²) < 4.78 is 18.3. The molecule has 16 heavy (non-hydrogen) atoms. The van der Waals surface area contributed by atoms with Gasteiger partial charge in [0.25, 0.3) is 0 Å². The number of nitrogens with one attached hydrogen (secondary N) is 1. The molecule has 1 aromatic carbocycles. The second kappa shape index (κ2) is 6.09. The predicted octanol–water partition coefficient (Wildman–Crippen LogP) is 2.01. The van der Waals surface area contributed by atoms with Crippen molar-refractivity contribution >= 4 is 0 Å². The van der Waals surface area contributed by atoms with Gasteiger partial charge in [-0.2, -0.15) is 5.26 Å². The fraction of sp³-hybridized carbons (Fsp3) is 0.417. The van der Waals surface area contributed by atoms with Crippen LogP contribution >= 0.6 is 0 Å². The van der Waals surface area contributed by atoms with Gasteiger partial charge < -0.3 is 10.1 Å². The third kappa shape index (κ3) is 3.52. The minimum absolute atomic E-state index is 0.228. The topological polar surface area (TPSA) is 45.0 Å². The van der Waals surface area contributed by atoms with Gasteiger partial charge in [-0.25, -0.2) is 4.39 Å². The Bertz CT molecular complexity index is 387. The van der Waals surface area contributed by atoms with Crippen molar-refractivity contribution in [3.8, 4) is 11.8 Å². The molecule has 0 radical (unpaired) electrons. The molecule has 0 saturated heterocycles. The summed E-state index contributed by atoms with van der Waals surface area (Å²) in [4.78, 5) is 0. The molecule has 0 amide bonds. The van der Waals surface area contributed by atoms with Crippen LogP contribution in [0.3, 0.4) is 0 Å². The molecule has 1 N–H and O–H groups in total. The molecule has 0 spiro atoms. The normalized spacial score (nSPS) is 11.9. The van der Waals surface area contributed by atoms with Crippen molar-refractivity contribution in [2.45, 2.75) is 19.4 Å². The van der Waals surface area contributed by atoms with Crippen molar-refractivity contribution in [1.29, 1.82) is 5.26 Å². The van der Waals surface area contributed by atoms with Crippen LogP contribution in [0.4, 0.5) is 4.39 Å². The summed E-state index contributed by atoms with van der Waals surface area (Å²) in [7, 11) is 1.72. The van der Waals surface area contributed by atoms with Crippen LogP contribution in [0.2, 0.25) is 0 Å². The lowest BCUT2D eigenvalue weighted by Crippen LogP contribution is -2.25. The van der Waals surface area contributed by atoms with E-state index in [1.165, 1.54) is 12.1 Å². The Labute approximate surface area is 94.8 Å². The molecular weight excluding hydrogens is 207 g/mol. The van der Waals surface area contributed by atoms with E-state index < -0.39 is 0 Å². The molecule has 0 aliphatic rings. The molecule has 0 aliphatic carbocycles. The number of rotatable bonds is 5. The van der Waals surface area contributed by atoms with Crippen LogP contribution in [-0.4, -0.2) is 19.7 Å². The number of aryl methyl sites for hydroxylation is 1. The Kier molecular flexibility index (Phi) is 4.74. The third-order valence-electron chi connectivity index (χ3n) is 2.32. The number of nitrogens with zero attached hydrogens (tertiary/aromatic N) is 1. The summed E-state index contributed by atoms with van der Waals surface area (Å²) in [6.07, 6.45) is 0.572. The van der Waals surface area contributed by atoms with Gasteiger partial charge in [-0.15, -0.1) is 0 Å². The fourth-order valence-electron chi connectivity index (χ4n) is 1.29. The first-order valence-electron chi connectivity index (χ1n) is 5.13. The van der Waals surface area contributed by atoms with E-state index in [2.05, 4.69) is 11.4 Å². The van der Waals surface area contributed by atoms with Crippen molar-refractivity contribution in [3.63, 3.8) is 0 Å². The zero-order valence-electron chi connectivity index (χ0n) is 9.46. The number of halogens is 1. The average molecular weight is 222 g/mol. The number of hydrogen-bond donors (Lipinski definition) is 1. The number of benzene rings is 1. The van der Waals surface area contributed by atoms with E-state index in [0.29, 0.717) is 18.8 Å². The van der Waals surface area contributed by atoms with Crippen molar-refractivity contribution in [2.24, 2.45) is 0 Å². The fourth-order valence-corrected chi connectivity index (χ4v) is 1.29. The molecule has 0 bridgehead atoms. The summed E-state index contributed by atoms with van der Waals surface area (Å²) in [5.74, 6) is 0.221. The molecule has 0 aromatic heterocycles. The SMILES string of the molecule is CNC(C#N)CCOc1cc(F)ccc1C. The Morgan fingerprint density at radius 1 is 1.56 bits per heavy atom. The van der Waals surface area contributed by atoms with Gasteiger partial charge in [-0.1, -0.05) is 6.07 Å². The second-order valence-electron chi connectivity index (χ2n) is 3.52. The summed E-state index contributed by atoms with van der Waals surface area (Å²) in [5.41, 5.74) is 0.888. The third-order valence-corrected chi connectivity index (χ3v) is 2.32. The smallest absolute Gasteiger partial charge is 0.126 e. The highest BCUT2D eigenvalue weighted by Gasteiger charge is 2.05. The average Bonchev–Trinajstić information content (AvgIpc) is 2.29. The Balaban J connectivity index is 2.49. The van der Waals surface area contributed by atoms with E-state index in [9.17, 15) is 4.39 Å². The van der Waals surface area contributed by atoms with Crippen LogP contribution in [0.5, 0.6) is 5.75 Å². The molecule has 0 heterocycles. The monoisotopic (exact) mass is 222 g/mol. The first-order valence-corrected chi connectivity index (χ1v) is 5.13. The van der Waals surface area contributed by atoms with Gasteiger partial charge in [-0.05, 0) is 25.6 Å². The van der Waals surface area contributed by atoms with E-state index in [4.69, 9.17) is 10.00 Å². The van der Waals surface area contributed by atoms with Gasteiger partial charge in [0.15, 0.2) is 0 Å². The molecule has 1 atom stereocenters. The lowest BCUT2D eigenvalue weighted by atomic mass is 10.2. The summed E-state index contributed by atoms with van der Waals surface area (Å²) in [6.45, 7) is 2.25. The minimum atomic E-state index is -0.314. The van der Waals surface area contributed by atoms with E-state index in [-0.39, 0.29) is 11.9 Å². The summed E-state index contributed by atoms with van der Waals surface area (Å²) >= 11 is 0. The van der Waals surface area contributed by atoms with Crippen molar-refractivity contribution in [2.75, 3.05) is 13.7 Å². The summed E-state index contributed by atoms with van der Waals surface area (Å²) in [6, 6.07) is 6.30. The lowest BCUT2D eigenvalue weighted by molar-refractivity contribution is 0.297. The van der Waals surface area contributed by atoms with Gasteiger partial charge in [0.1, 0.15) is 11.6 Å². The van der Waals surface area contributed by atoms with Crippen molar-refractivity contribution < 1.29 is 9.13 Å². The largest absolute Gasteiger partial charge is 0.493 e. The molecule has 1 aromatic rings. The molecular formula is C12H15FN2O. The standard InChI is InChI=1S/C12H15FN2O/c1-9-3-4-10(13)7-12(9)16-6-5-11(8-14)15-2/h3-4,7,11,15H,5-6H2,1-2H3. The zero-order chi connectivity index (χ0) is 12.0. The Hall–Kier alpha value is -1.60. The molecule has 1 unspecified atom stereocenters. The van der Waals surface area contributed by atoms with Gasteiger partial charge >= 0.3 is 0 Å². The van der Waals surface area contributed by atoms with Gasteiger partial charge in [0.2, 0.25) is 0 Å². The van der Waals surface area contributed by atoms with Gasteiger partial charge in [0.05, 0.1) is 18.7 Å². The number of nitriles is 1. The van der Waals surface area contributed by atoms with E-state index >= 15 is 0 Å². The molecule has 3 nitrogen and oxygen atoms in total. The maximum absolute atomic E-state index is 12.9. The van der Waals surface area contributed by atoms with E-state index in [1.54, 1.807) is 13.1 Å². The molecule has 86 valence electrons. The van der Waals surface area contributed by atoms with Gasteiger partial charge in [-0.3, -0.25) is 0 Å². The molecule has 0 fully saturated rings. The molecule has 4 heteroatoms. The van der Waals surface area contributed by atoms with Crippen LogP contribution in [-0.2, 0) is 0 Å². The van der Waals surface area contributed by atoms with Gasteiger partial charge in [0, 0.05) is 12.5 Å². The molecule has 1 rings (SSSR count). The second-order valence-corrected chi connectivity index (χ2v) is 3.52. The van der Waals surface area contributed by atoms with E-state index in [1.807, 2.05) is 6.92 Å². The van der Waals surface area contributed by atoms with Crippen molar-refractivity contribution in [1.82, 2.24) is 5.32 Å². The highest BCUT2D eigenvalue weighted by Crippen LogP contribution is 2.18.